The minimum Gasteiger partial charge on any atom is -0.496 e. The van der Waals surface area contributed by atoms with Crippen LogP contribution >= 0.6 is 0 Å². The van der Waals surface area contributed by atoms with Crippen molar-refractivity contribution in [2.75, 3.05) is 13.7 Å². The standard InChI is InChI=1S/C13H17NO/c1-4-5-8-14-10-12-6-7-13(15-3)11(2)9-12/h1,6-7,9,14H,5,8,10H2,2-3H3. The van der Waals surface area contributed by atoms with Gasteiger partial charge in [-0.05, 0) is 24.1 Å². The van der Waals surface area contributed by atoms with Crippen LogP contribution in [0.25, 0.3) is 0 Å². The summed E-state index contributed by atoms with van der Waals surface area (Å²) in [4.78, 5) is 0. The monoisotopic (exact) mass is 203 g/mol. The largest absolute Gasteiger partial charge is 0.496 e. The third-order valence-corrected chi connectivity index (χ3v) is 2.23. The molecule has 0 aliphatic carbocycles. The highest BCUT2D eigenvalue weighted by Gasteiger charge is 1.98. The second-order valence-electron chi connectivity index (χ2n) is 3.43. The Labute approximate surface area is 91.6 Å². The summed E-state index contributed by atoms with van der Waals surface area (Å²) < 4.78 is 5.20. The fraction of sp³-hybridized carbons (Fsp3) is 0.385. The van der Waals surface area contributed by atoms with Crippen molar-refractivity contribution in [2.24, 2.45) is 0 Å². The lowest BCUT2D eigenvalue weighted by Gasteiger charge is -2.07. The zero-order valence-electron chi connectivity index (χ0n) is 9.34. The topological polar surface area (TPSA) is 21.3 Å². The normalized spacial score (nSPS) is 9.67. The maximum absolute atomic E-state index is 5.20. The molecule has 0 bridgehead atoms. The second kappa shape index (κ2) is 6.10. The SMILES string of the molecule is C#CCCNCc1ccc(OC)c(C)c1. The maximum atomic E-state index is 5.20. The number of terminal acetylenes is 1. The molecule has 2 heteroatoms. The van der Waals surface area contributed by atoms with Crippen molar-refractivity contribution < 1.29 is 4.74 Å². The Bertz CT molecular complexity index is 352. The van der Waals surface area contributed by atoms with Gasteiger partial charge in [0.1, 0.15) is 5.75 Å². The minimum absolute atomic E-state index is 0.773. The number of ether oxygens (including phenoxy) is 1. The van der Waals surface area contributed by atoms with Gasteiger partial charge in [0.2, 0.25) is 0 Å². The van der Waals surface area contributed by atoms with Gasteiger partial charge in [-0.15, -0.1) is 12.3 Å². The molecule has 0 atom stereocenters. The van der Waals surface area contributed by atoms with Crippen LogP contribution in [0.4, 0.5) is 0 Å². The van der Waals surface area contributed by atoms with Crippen LogP contribution in [-0.4, -0.2) is 13.7 Å². The van der Waals surface area contributed by atoms with Crippen LogP contribution in [0.2, 0.25) is 0 Å². The van der Waals surface area contributed by atoms with Crippen molar-refractivity contribution >= 4 is 0 Å². The summed E-state index contributed by atoms with van der Waals surface area (Å²) in [6.07, 6.45) is 5.94. The van der Waals surface area contributed by atoms with E-state index in [0.717, 1.165) is 30.8 Å². The minimum atomic E-state index is 0.773. The zero-order chi connectivity index (χ0) is 11.1. The Balaban J connectivity index is 2.49. The summed E-state index contributed by atoms with van der Waals surface area (Å²) in [7, 11) is 1.69. The van der Waals surface area contributed by atoms with E-state index in [1.165, 1.54) is 5.56 Å². The van der Waals surface area contributed by atoms with Crippen molar-refractivity contribution in [2.45, 2.75) is 19.9 Å². The van der Waals surface area contributed by atoms with Crippen LogP contribution in [-0.2, 0) is 6.54 Å². The molecule has 0 aliphatic heterocycles. The van der Waals surface area contributed by atoms with E-state index in [9.17, 15) is 0 Å². The summed E-state index contributed by atoms with van der Waals surface area (Å²) in [5.41, 5.74) is 2.42. The average Bonchev–Trinajstić information content (AvgIpc) is 2.25. The average molecular weight is 203 g/mol. The van der Waals surface area contributed by atoms with Crippen LogP contribution < -0.4 is 10.1 Å². The summed E-state index contributed by atoms with van der Waals surface area (Å²) >= 11 is 0. The first kappa shape index (κ1) is 11.6. The molecule has 0 unspecified atom stereocenters. The number of hydrogen-bond donors (Lipinski definition) is 1. The molecule has 80 valence electrons. The highest BCUT2D eigenvalue weighted by Crippen LogP contribution is 2.18. The number of benzene rings is 1. The van der Waals surface area contributed by atoms with Crippen molar-refractivity contribution in [1.82, 2.24) is 5.32 Å². The Hall–Kier alpha value is -1.46. The van der Waals surface area contributed by atoms with E-state index in [-0.39, 0.29) is 0 Å². The van der Waals surface area contributed by atoms with Gasteiger partial charge in [0.25, 0.3) is 0 Å². The van der Waals surface area contributed by atoms with Crippen LogP contribution in [0.5, 0.6) is 5.75 Å². The zero-order valence-corrected chi connectivity index (χ0v) is 9.34. The quantitative estimate of drug-likeness (QED) is 0.584. The smallest absolute Gasteiger partial charge is 0.121 e. The van der Waals surface area contributed by atoms with Gasteiger partial charge in [-0.3, -0.25) is 0 Å². The number of rotatable bonds is 5. The number of hydrogen-bond acceptors (Lipinski definition) is 2. The molecule has 15 heavy (non-hydrogen) atoms. The van der Waals surface area contributed by atoms with E-state index in [1.54, 1.807) is 7.11 Å². The lowest BCUT2D eigenvalue weighted by Crippen LogP contribution is -2.14. The van der Waals surface area contributed by atoms with Crippen molar-refractivity contribution in [3.05, 3.63) is 29.3 Å². The first-order valence-corrected chi connectivity index (χ1v) is 5.05. The van der Waals surface area contributed by atoms with E-state index in [0.29, 0.717) is 0 Å². The molecule has 0 saturated carbocycles. The van der Waals surface area contributed by atoms with Gasteiger partial charge in [-0.2, -0.15) is 0 Å². The van der Waals surface area contributed by atoms with Gasteiger partial charge >= 0.3 is 0 Å². The van der Waals surface area contributed by atoms with Crippen molar-refractivity contribution in [3.63, 3.8) is 0 Å². The fourth-order valence-corrected chi connectivity index (χ4v) is 1.44. The Morgan fingerprint density at radius 3 is 2.87 bits per heavy atom. The van der Waals surface area contributed by atoms with Crippen molar-refractivity contribution in [1.29, 1.82) is 0 Å². The highest BCUT2D eigenvalue weighted by molar-refractivity contribution is 5.36. The number of aryl methyl sites for hydroxylation is 1. The molecule has 2 nitrogen and oxygen atoms in total. The lowest BCUT2D eigenvalue weighted by atomic mass is 10.1. The second-order valence-corrected chi connectivity index (χ2v) is 3.43. The summed E-state index contributed by atoms with van der Waals surface area (Å²) in [6.45, 7) is 3.76. The van der Waals surface area contributed by atoms with E-state index in [4.69, 9.17) is 11.2 Å². The molecule has 0 radical (unpaired) electrons. The molecule has 1 aromatic carbocycles. The number of nitrogens with one attached hydrogen (secondary N) is 1. The molecular formula is C13H17NO. The van der Waals surface area contributed by atoms with Gasteiger partial charge in [0.05, 0.1) is 7.11 Å². The third-order valence-electron chi connectivity index (χ3n) is 2.23. The van der Waals surface area contributed by atoms with Crippen LogP contribution in [0.15, 0.2) is 18.2 Å². The van der Waals surface area contributed by atoms with Gasteiger partial charge in [-0.25, -0.2) is 0 Å². The molecule has 0 fully saturated rings. The lowest BCUT2D eigenvalue weighted by molar-refractivity contribution is 0.411. The van der Waals surface area contributed by atoms with E-state index in [2.05, 4.69) is 23.4 Å². The van der Waals surface area contributed by atoms with Gasteiger partial charge in [0, 0.05) is 19.5 Å². The predicted molar refractivity (Wildman–Crippen MR) is 62.9 cm³/mol. The third kappa shape index (κ3) is 3.65. The molecule has 1 N–H and O–H groups in total. The first-order valence-electron chi connectivity index (χ1n) is 5.05. The molecular weight excluding hydrogens is 186 g/mol. The first-order chi connectivity index (χ1) is 7.27. The molecule has 0 spiro atoms. The number of methoxy groups -OCH3 is 1. The fourth-order valence-electron chi connectivity index (χ4n) is 1.44. The van der Waals surface area contributed by atoms with Crippen LogP contribution in [0.1, 0.15) is 17.5 Å². The molecule has 1 aromatic rings. The summed E-state index contributed by atoms with van der Waals surface area (Å²) in [6, 6.07) is 6.18. The molecule has 0 aromatic heterocycles. The Morgan fingerprint density at radius 1 is 1.47 bits per heavy atom. The summed E-state index contributed by atoms with van der Waals surface area (Å²) in [5, 5.41) is 3.28. The highest BCUT2D eigenvalue weighted by atomic mass is 16.5. The molecule has 0 amide bonds. The van der Waals surface area contributed by atoms with Crippen LogP contribution in [0, 0.1) is 19.3 Å². The maximum Gasteiger partial charge on any atom is 0.121 e. The predicted octanol–water partition coefficient (Wildman–Crippen LogP) is 2.12. The van der Waals surface area contributed by atoms with Gasteiger partial charge in [-0.1, -0.05) is 12.1 Å². The Morgan fingerprint density at radius 2 is 2.27 bits per heavy atom. The summed E-state index contributed by atoms with van der Waals surface area (Å²) in [5.74, 6) is 3.53. The van der Waals surface area contributed by atoms with E-state index in [1.807, 2.05) is 13.0 Å². The van der Waals surface area contributed by atoms with E-state index < -0.39 is 0 Å². The molecule has 1 rings (SSSR count). The van der Waals surface area contributed by atoms with Gasteiger partial charge < -0.3 is 10.1 Å². The van der Waals surface area contributed by atoms with E-state index >= 15 is 0 Å². The Kier molecular flexibility index (Phi) is 4.73. The molecule has 0 heterocycles. The van der Waals surface area contributed by atoms with Crippen molar-refractivity contribution in [3.8, 4) is 18.1 Å². The molecule has 0 aliphatic rings. The molecule has 0 saturated heterocycles. The van der Waals surface area contributed by atoms with Gasteiger partial charge in [0.15, 0.2) is 0 Å². The van der Waals surface area contributed by atoms with Crippen LogP contribution in [0.3, 0.4) is 0 Å².